The highest BCUT2D eigenvalue weighted by molar-refractivity contribution is 7.98. The molecule has 0 saturated heterocycles. The molecule has 180 valence electrons. The van der Waals surface area contributed by atoms with Crippen molar-refractivity contribution in [3.63, 3.8) is 0 Å². The highest BCUT2D eigenvalue weighted by atomic mass is 32.2. The molecule has 35 heavy (non-hydrogen) atoms. The van der Waals surface area contributed by atoms with Crippen LogP contribution in [-0.4, -0.2) is 47.7 Å². The van der Waals surface area contributed by atoms with E-state index in [1.807, 2.05) is 42.7 Å². The van der Waals surface area contributed by atoms with E-state index in [9.17, 15) is 19.5 Å². The van der Waals surface area contributed by atoms with Gasteiger partial charge in [-0.3, -0.25) is 10.1 Å². The topological polar surface area (TPSA) is 105 Å². The molecule has 3 aromatic rings. The molecule has 7 nitrogen and oxygen atoms in total. The maximum atomic E-state index is 12.8. The van der Waals surface area contributed by atoms with E-state index in [2.05, 4.69) is 22.8 Å². The average molecular weight is 491 g/mol. The van der Waals surface area contributed by atoms with E-state index in [0.717, 1.165) is 22.3 Å². The predicted molar refractivity (Wildman–Crippen MR) is 137 cm³/mol. The van der Waals surface area contributed by atoms with Crippen LogP contribution in [0.15, 0.2) is 72.8 Å². The van der Waals surface area contributed by atoms with E-state index >= 15 is 0 Å². The Morgan fingerprint density at radius 1 is 0.943 bits per heavy atom. The number of thioether (sulfide) groups is 1. The van der Waals surface area contributed by atoms with Crippen LogP contribution in [0.3, 0.4) is 0 Å². The van der Waals surface area contributed by atoms with Gasteiger partial charge < -0.3 is 15.2 Å². The molecule has 0 saturated carbocycles. The number of carbonyl (C=O) groups is 3. The zero-order chi connectivity index (χ0) is 24.8. The quantitative estimate of drug-likeness (QED) is 0.391. The van der Waals surface area contributed by atoms with Gasteiger partial charge in [-0.2, -0.15) is 11.8 Å². The summed E-state index contributed by atoms with van der Waals surface area (Å²) in [4.78, 5) is 37.0. The van der Waals surface area contributed by atoms with Crippen molar-refractivity contribution in [3.8, 4) is 11.1 Å². The van der Waals surface area contributed by atoms with Crippen molar-refractivity contribution in [2.75, 3.05) is 23.9 Å². The van der Waals surface area contributed by atoms with Gasteiger partial charge in [0.2, 0.25) is 0 Å². The molecule has 1 atom stereocenters. The van der Waals surface area contributed by atoms with Gasteiger partial charge in [0.05, 0.1) is 11.3 Å². The Morgan fingerprint density at radius 3 is 2.17 bits per heavy atom. The summed E-state index contributed by atoms with van der Waals surface area (Å²) in [5.74, 6) is -1.17. The molecule has 0 radical (unpaired) electrons. The number of hydrogen-bond donors (Lipinski definition) is 3. The SMILES string of the molecule is CSCCC(NC(=O)c1ccccc1NC(=O)OCC1c2ccccc2-c2ccccc21)C(=O)O. The summed E-state index contributed by atoms with van der Waals surface area (Å²) in [5.41, 5.74) is 4.88. The van der Waals surface area contributed by atoms with Gasteiger partial charge in [0.1, 0.15) is 12.6 Å². The van der Waals surface area contributed by atoms with Gasteiger partial charge in [0.25, 0.3) is 5.91 Å². The van der Waals surface area contributed by atoms with Crippen molar-refractivity contribution in [2.45, 2.75) is 18.4 Å². The number of fused-ring (bicyclic) bond motifs is 3. The fourth-order valence-electron chi connectivity index (χ4n) is 4.26. The number of carboxylic acid groups (broad SMARTS) is 1. The zero-order valence-electron chi connectivity index (χ0n) is 19.2. The summed E-state index contributed by atoms with van der Waals surface area (Å²) in [6.07, 6.45) is 1.47. The minimum Gasteiger partial charge on any atom is -0.480 e. The lowest BCUT2D eigenvalue weighted by atomic mass is 9.98. The number of para-hydroxylation sites is 1. The summed E-state index contributed by atoms with van der Waals surface area (Å²) in [6.45, 7) is 0.143. The number of nitrogens with one attached hydrogen (secondary N) is 2. The highest BCUT2D eigenvalue weighted by Gasteiger charge is 2.29. The van der Waals surface area contributed by atoms with Crippen LogP contribution >= 0.6 is 11.8 Å². The van der Waals surface area contributed by atoms with Crippen LogP contribution in [0.5, 0.6) is 0 Å². The van der Waals surface area contributed by atoms with Crippen LogP contribution in [0, 0.1) is 0 Å². The van der Waals surface area contributed by atoms with Crippen LogP contribution < -0.4 is 10.6 Å². The lowest BCUT2D eigenvalue weighted by Gasteiger charge is -2.17. The summed E-state index contributed by atoms with van der Waals surface area (Å²) in [5, 5.41) is 14.6. The van der Waals surface area contributed by atoms with Crippen molar-refractivity contribution in [2.24, 2.45) is 0 Å². The summed E-state index contributed by atoms with van der Waals surface area (Å²) in [6, 6.07) is 21.5. The molecule has 0 aromatic heterocycles. The highest BCUT2D eigenvalue weighted by Crippen LogP contribution is 2.44. The van der Waals surface area contributed by atoms with E-state index in [-0.39, 0.29) is 23.8 Å². The number of amides is 2. The Morgan fingerprint density at radius 2 is 1.54 bits per heavy atom. The third kappa shape index (κ3) is 5.49. The first-order valence-corrected chi connectivity index (χ1v) is 12.6. The molecule has 1 aliphatic carbocycles. The number of aliphatic carboxylic acids is 1. The van der Waals surface area contributed by atoms with Crippen LogP contribution in [0.25, 0.3) is 11.1 Å². The second-order valence-corrected chi connectivity index (χ2v) is 9.13. The van der Waals surface area contributed by atoms with E-state index in [4.69, 9.17) is 4.74 Å². The van der Waals surface area contributed by atoms with Crippen molar-refractivity contribution in [3.05, 3.63) is 89.5 Å². The van der Waals surface area contributed by atoms with Gasteiger partial charge in [-0.15, -0.1) is 0 Å². The number of carboxylic acids is 1. The van der Waals surface area contributed by atoms with Gasteiger partial charge in [-0.25, -0.2) is 9.59 Å². The van der Waals surface area contributed by atoms with E-state index in [1.54, 1.807) is 18.2 Å². The van der Waals surface area contributed by atoms with Crippen LogP contribution in [0.1, 0.15) is 33.8 Å². The third-order valence-electron chi connectivity index (χ3n) is 5.97. The standard InChI is InChI=1S/C27H26N2O5S/c1-35-15-14-24(26(31)32)28-25(30)21-12-6-7-13-23(21)29-27(33)34-16-22-19-10-4-2-8-17(19)18-9-3-5-11-20(18)22/h2-13,22,24H,14-16H2,1H3,(H,28,30)(H,29,33)(H,31,32). The molecule has 0 aliphatic heterocycles. The Bertz CT molecular complexity index is 1200. The number of ether oxygens (including phenoxy) is 1. The van der Waals surface area contributed by atoms with Crippen LogP contribution in [0.2, 0.25) is 0 Å². The molecule has 4 rings (SSSR count). The minimum absolute atomic E-state index is 0.0838. The predicted octanol–water partition coefficient (Wildman–Crippen LogP) is 4.98. The van der Waals surface area contributed by atoms with Crippen molar-refractivity contribution in [1.29, 1.82) is 0 Å². The van der Waals surface area contributed by atoms with Crippen LogP contribution in [0.4, 0.5) is 10.5 Å². The lowest BCUT2D eigenvalue weighted by Crippen LogP contribution is -2.41. The second-order valence-electron chi connectivity index (χ2n) is 8.14. The Kier molecular flexibility index (Phi) is 7.72. The first-order valence-electron chi connectivity index (χ1n) is 11.2. The summed E-state index contributed by atoms with van der Waals surface area (Å²) >= 11 is 1.50. The third-order valence-corrected chi connectivity index (χ3v) is 6.61. The zero-order valence-corrected chi connectivity index (χ0v) is 20.0. The Hall–Kier alpha value is -3.78. The molecule has 3 aromatic carbocycles. The number of rotatable bonds is 9. The molecule has 1 aliphatic rings. The van der Waals surface area contributed by atoms with Crippen molar-refractivity contribution >= 4 is 35.4 Å². The summed E-state index contributed by atoms with van der Waals surface area (Å²) < 4.78 is 5.57. The van der Waals surface area contributed by atoms with Gasteiger partial charge in [0, 0.05) is 5.92 Å². The molecule has 2 amide bonds. The molecule has 8 heteroatoms. The number of anilines is 1. The van der Waals surface area contributed by atoms with Crippen LogP contribution in [-0.2, 0) is 9.53 Å². The fourth-order valence-corrected chi connectivity index (χ4v) is 4.74. The molecule has 0 spiro atoms. The molecule has 0 heterocycles. The molecule has 1 unspecified atom stereocenters. The van der Waals surface area contributed by atoms with Gasteiger partial charge in [-0.05, 0) is 52.8 Å². The average Bonchev–Trinajstić information content (AvgIpc) is 3.19. The number of benzene rings is 3. The largest absolute Gasteiger partial charge is 0.480 e. The monoisotopic (exact) mass is 490 g/mol. The molecule has 3 N–H and O–H groups in total. The first-order chi connectivity index (χ1) is 17.0. The first kappa shape index (κ1) is 24.3. The molecule has 0 bridgehead atoms. The van der Waals surface area contributed by atoms with Crippen molar-refractivity contribution in [1.82, 2.24) is 5.32 Å². The maximum absolute atomic E-state index is 12.8. The van der Waals surface area contributed by atoms with E-state index < -0.39 is 24.0 Å². The lowest BCUT2D eigenvalue weighted by molar-refractivity contribution is -0.139. The van der Waals surface area contributed by atoms with Gasteiger partial charge in [0.15, 0.2) is 0 Å². The molecule has 0 fully saturated rings. The molecular formula is C27H26N2O5S. The van der Waals surface area contributed by atoms with Gasteiger partial charge >= 0.3 is 12.1 Å². The Balaban J connectivity index is 1.43. The molecular weight excluding hydrogens is 464 g/mol. The number of hydrogen-bond acceptors (Lipinski definition) is 5. The minimum atomic E-state index is -1.10. The van der Waals surface area contributed by atoms with Crippen molar-refractivity contribution < 1.29 is 24.2 Å². The van der Waals surface area contributed by atoms with Gasteiger partial charge in [-0.1, -0.05) is 60.7 Å². The number of carbonyl (C=O) groups excluding carboxylic acids is 2. The van der Waals surface area contributed by atoms with E-state index in [1.165, 1.54) is 17.8 Å². The summed E-state index contributed by atoms with van der Waals surface area (Å²) in [7, 11) is 0. The fraction of sp³-hybridized carbons (Fsp3) is 0.222. The maximum Gasteiger partial charge on any atom is 0.411 e. The normalized spacial score (nSPS) is 12.8. The smallest absolute Gasteiger partial charge is 0.411 e. The Labute approximate surface area is 207 Å². The van der Waals surface area contributed by atoms with E-state index in [0.29, 0.717) is 12.2 Å². The second kappa shape index (κ2) is 11.1.